The highest BCUT2D eigenvalue weighted by Gasteiger charge is 2.25. The predicted molar refractivity (Wildman–Crippen MR) is 85.3 cm³/mol. The van der Waals surface area contributed by atoms with Crippen LogP contribution >= 0.6 is 0 Å². The minimum atomic E-state index is 0.439. The highest BCUT2D eigenvalue weighted by Crippen LogP contribution is 2.37. The summed E-state index contributed by atoms with van der Waals surface area (Å²) in [5.74, 6) is 1.79. The van der Waals surface area contributed by atoms with Gasteiger partial charge in [-0.2, -0.15) is 0 Å². The smallest absolute Gasteiger partial charge is 0.123 e. The van der Waals surface area contributed by atoms with E-state index in [0.29, 0.717) is 6.04 Å². The molecule has 0 spiro atoms. The van der Waals surface area contributed by atoms with Gasteiger partial charge in [-0.1, -0.05) is 44.7 Å². The molecule has 1 atom stereocenters. The molecule has 1 unspecified atom stereocenters. The van der Waals surface area contributed by atoms with Crippen LogP contribution in [-0.2, 0) is 0 Å². The van der Waals surface area contributed by atoms with Crippen molar-refractivity contribution in [2.24, 2.45) is 5.92 Å². The fraction of sp³-hybridized carbons (Fsp3) is 0.667. The number of hydrogen-bond donors (Lipinski definition) is 1. The molecule has 0 radical (unpaired) electrons. The summed E-state index contributed by atoms with van der Waals surface area (Å²) in [6, 6.07) is 7.07. The van der Waals surface area contributed by atoms with Crippen molar-refractivity contribution in [1.29, 1.82) is 0 Å². The molecule has 2 nitrogen and oxygen atoms in total. The zero-order valence-corrected chi connectivity index (χ0v) is 13.2. The van der Waals surface area contributed by atoms with Crippen molar-refractivity contribution in [2.75, 3.05) is 13.7 Å². The second-order valence-corrected chi connectivity index (χ2v) is 6.03. The van der Waals surface area contributed by atoms with Crippen molar-refractivity contribution in [2.45, 2.75) is 58.4 Å². The second kappa shape index (κ2) is 7.68. The van der Waals surface area contributed by atoms with Gasteiger partial charge in [0, 0.05) is 11.6 Å². The molecule has 0 amide bonds. The van der Waals surface area contributed by atoms with Crippen LogP contribution < -0.4 is 10.1 Å². The monoisotopic (exact) mass is 275 g/mol. The Morgan fingerprint density at radius 3 is 2.50 bits per heavy atom. The molecule has 0 bridgehead atoms. The van der Waals surface area contributed by atoms with Gasteiger partial charge in [-0.3, -0.25) is 0 Å². The molecule has 2 heteroatoms. The van der Waals surface area contributed by atoms with E-state index < -0.39 is 0 Å². The fourth-order valence-electron chi connectivity index (χ4n) is 3.47. The summed E-state index contributed by atoms with van der Waals surface area (Å²) < 4.78 is 5.64. The molecule has 1 aliphatic rings. The minimum absolute atomic E-state index is 0.439. The predicted octanol–water partition coefficient (Wildman–Crippen LogP) is 4.62. The van der Waals surface area contributed by atoms with Crippen LogP contribution in [0.4, 0.5) is 0 Å². The van der Waals surface area contributed by atoms with E-state index in [-0.39, 0.29) is 0 Å². The normalized spacial score (nSPS) is 18.6. The Labute approximate surface area is 123 Å². The van der Waals surface area contributed by atoms with Crippen LogP contribution in [-0.4, -0.2) is 13.7 Å². The third-order valence-corrected chi connectivity index (χ3v) is 4.52. The van der Waals surface area contributed by atoms with Gasteiger partial charge in [0.15, 0.2) is 0 Å². The molecule has 1 N–H and O–H groups in total. The first-order chi connectivity index (χ1) is 9.76. The van der Waals surface area contributed by atoms with E-state index in [4.69, 9.17) is 4.74 Å². The maximum atomic E-state index is 5.64. The summed E-state index contributed by atoms with van der Waals surface area (Å²) >= 11 is 0. The van der Waals surface area contributed by atoms with E-state index in [9.17, 15) is 0 Å². The highest BCUT2D eigenvalue weighted by atomic mass is 16.5. The Kier molecular flexibility index (Phi) is 5.90. The van der Waals surface area contributed by atoms with Crippen LogP contribution in [0.25, 0.3) is 0 Å². The van der Waals surface area contributed by atoms with Crippen LogP contribution in [0, 0.1) is 12.8 Å². The maximum absolute atomic E-state index is 5.64. The van der Waals surface area contributed by atoms with Crippen LogP contribution in [0.15, 0.2) is 18.2 Å². The summed E-state index contributed by atoms with van der Waals surface area (Å²) in [5.41, 5.74) is 2.61. The lowest BCUT2D eigenvalue weighted by atomic mass is 9.86. The number of methoxy groups -OCH3 is 1. The van der Waals surface area contributed by atoms with Crippen LogP contribution in [0.2, 0.25) is 0 Å². The SMILES string of the molecule is CCNC(c1ccc(C)cc1OC)C1CCCCCC1. The zero-order chi connectivity index (χ0) is 14.4. The molecule has 0 aliphatic heterocycles. The van der Waals surface area contributed by atoms with Gasteiger partial charge in [0.25, 0.3) is 0 Å². The Balaban J connectivity index is 2.26. The number of aryl methyl sites for hydroxylation is 1. The summed E-state index contributed by atoms with van der Waals surface area (Å²) in [6.45, 7) is 5.34. The Bertz CT molecular complexity index is 408. The van der Waals surface area contributed by atoms with Crippen LogP contribution in [0.3, 0.4) is 0 Å². The van der Waals surface area contributed by atoms with Gasteiger partial charge in [0.2, 0.25) is 0 Å². The topological polar surface area (TPSA) is 21.3 Å². The van der Waals surface area contributed by atoms with Crippen molar-refractivity contribution in [3.8, 4) is 5.75 Å². The van der Waals surface area contributed by atoms with Crippen molar-refractivity contribution in [3.63, 3.8) is 0 Å². The van der Waals surface area contributed by atoms with Gasteiger partial charge in [-0.05, 0) is 43.9 Å². The van der Waals surface area contributed by atoms with Crippen molar-refractivity contribution < 1.29 is 4.74 Å². The fourth-order valence-corrected chi connectivity index (χ4v) is 3.47. The molecular weight excluding hydrogens is 246 g/mol. The van der Waals surface area contributed by atoms with Crippen molar-refractivity contribution >= 4 is 0 Å². The van der Waals surface area contributed by atoms with E-state index in [1.54, 1.807) is 7.11 Å². The molecule has 2 rings (SSSR count). The molecule has 20 heavy (non-hydrogen) atoms. The second-order valence-electron chi connectivity index (χ2n) is 6.03. The lowest BCUT2D eigenvalue weighted by Crippen LogP contribution is -2.28. The molecule has 0 saturated heterocycles. The number of nitrogens with one attached hydrogen (secondary N) is 1. The average Bonchev–Trinajstić information content (AvgIpc) is 2.74. The van der Waals surface area contributed by atoms with Crippen LogP contribution in [0.1, 0.15) is 62.6 Å². The van der Waals surface area contributed by atoms with E-state index in [1.165, 1.54) is 49.7 Å². The number of ether oxygens (including phenoxy) is 1. The zero-order valence-electron chi connectivity index (χ0n) is 13.2. The van der Waals surface area contributed by atoms with E-state index >= 15 is 0 Å². The third-order valence-electron chi connectivity index (χ3n) is 4.52. The van der Waals surface area contributed by atoms with Gasteiger partial charge < -0.3 is 10.1 Å². The molecule has 1 saturated carbocycles. The van der Waals surface area contributed by atoms with E-state index in [0.717, 1.165) is 18.2 Å². The lowest BCUT2D eigenvalue weighted by Gasteiger charge is -2.29. The molecule has 1 aromatic rings. The largest absolute Gasteiger partial charge is 0.496 e. The maximum Gasteiger partial charge on any atom is 0.123 e. The Hall–Kier alpha value is -1.02. The van der Waals surface area contributed by atoms with E-state index in [1.807, 2.05) is 0 Å². The van der Waals surface area contributed by atoms with Crippen molar-refractivity contribution in [3.05, 3.63) is 29.3 Å². The van der Waals surface area contributed by atoms with Gasteiger partial charge in [-0.15, -0.1) is 0 Å². The first-order valence-electron chi connectivity index (χ1n) is 8.14. The number of rotatable bonds is 5. The summed E-state index contributed by atoms with van der Waals surface area (Å²) in [4.78, 5) is 0. The molecular formula is C18H29NO. The highest BCUT2D eigenvalue weighted by molar-refractivity contribution is 5.39. The van der Waals surface area contributed by atoms with Crippen LogP contribution in [0.5, 0.6) is 5.75 Å². The number of benzene rings is 1. The Morgan fingerprint density at radius 2 is 1.90 bits per heavy atom. The summed E-state index contributed by atoms with van der Waals surface area (Å²) in [6.07, 6.45) is 8.24. The third kappa shape index (κ3) is 3.76. The molecule has 1 aliphatic carbocycles. The van der Waals surface area contributed by atoms with Gasteiger partial charge in [-0.25, -0.2) is 0 Å². The summed E-state index contributed by atoms with van der Waals surface area (Å²) in [7, 11) is 1.79. The van der Waals surface area contributed by atoms with E-state index in [2.05, 4.69) is 37.4 Å². The standard InChI is InChI=1S/C18H29NO/c1-4-19-18(15-9-7-5-6-8-10-15)16-12-11-14(2)13-17(16)20-3/h11-13,15,18-19H,4-10H2,1-3H3. The average molecular weight is 275 g/mol. The Morgan fingerprint density at radius 1 is 1.20 bits per heavy atom. The number of hydrogen-bond acceptors (Lipinski definition) is 2. The lowest BCUT2D eigenvalue weighted by molar-refractivity contribution is 0.316. The first kappa shape index (κ1) is 15.4. The molecule has 112 valence electrons. The van der Waals surface area contributed by atoms with Gasteiger partial charge in [0.1, 0.15) is 5.75 Å². The minimum Gasteiger partial charge on any atom is -0.496 e. The first-order valence-corrected chi connectivity index (χ1v) is 8.14. The molecule has 1 aromatic carbocycles. The summed E-state index contributed by atoms with van der Waals surface area (Å²) in [5, 5.41) is 3.71. The molecule has 0 heterocycles. The van der Waals surface area contributed by atoms with Crippen molar-refractivity contribution in [1.82, 2.24) is 5.32 Å². The molecule has 0 aromatic heterocycles. The van der Waals surface area contributed by atoms with Gasteiger partial charge in [0.05, 0.1) is 7.11 Å². The molecule has 1 fully saturated rings. The quantitative estimate of drug-likeness (QED) is 0.791. The van der Waals surface area contributed by atoms with Gasteiger partial charge >= 0.3 is 0 Å².